The number of halogens is 1. The van der Waals surface area contributed by atoms with E-state index in [1.807, 2.05) is 23.1 Å². The molecule has 0 spiro atoms. The number of benzene rings is 1. The van der Waals surface area contributed by atoms with Gasteiger partial charge in [0.2, 0.25) is 0 Å². The fourth-order valence-electron chi connectivity index (χ4n) is 4.80. The highest BCUT2D eigenvalue weighted by Gasteiger charge is 2.27. The molecule has 0 aliphatic carbocycles. The van der Waals surface area contributed by atoms with Crippen molar-refractivity contribution in [3.8, 4) is 0 Å². The molecule has 1 aromatic carbocycles. The maximum Gasteiger partial charge on any atom is 0.128 e. The summed E-state index contributed by atoms with van der Waals surface area (Å²) >= 11 is 0. The zero-order valence-electron chi connectivity index (χ0n) is 18.7. The maximum absolute atomic E-state index is 13.7. The lowest BCUT2D eigenvalue weighted by atomic mass is 10.0. The van der Waals surface area contributed by atoms with Crippen LogP contribution in [0.5, 0.6) is 0 Å². The number of likely N-dealkylation sites (tertiary alicyclic amines) is 1. The SMILES string of the molecule is N=C(/C=C\C1=NCC(c2cccc(N3CCNCC3)n2)N1)N1CCCC1c1cccc(F)c1. The molecule has 0 radical (unpaired) electrons. The van der Waals surface area contributed by atoms with Crippen molar-refractivity contribution in [1.82, 2.24) is 20.5 Å². The molecular weight excluding hydrogens is 417 g/mol. The zero-order valence-corrected chi connectivity index (χ0v) is 18.7. The minimum Gasteiger partial charge on any atom is -0.360 e. The van der Waals surface area contributed by atoms with E-state index < -0.39 is 0 Å². The maximum atomic E-state index is 13.7. The summed E-state index contributed by atoms with van der Waals surface area (Å²) < 4.78 is 13.7. The molecule has 2 saturated heterocycles. The van der Waals surface area contributed by atoms with E-state index in [-0.39, 0.29) is 17.9 Å². The number of hydrogen-bond acceptors (Lipinski definition) is 6. The fraction of sp³-hybridized carbons (Fsp3) is 0.400. The van der Waals surface area contributed by atoms with E-state index in [2.05, 4.69) is 32.7 Å². The largest absolute Gasteiger partial charge is 0.360 e. The Labute approximate surface area is 193 Å². The van der Waals surface area contributed by atoms with Crippen LogP contribution in [0.2, 0.25) is 0 Å². The van der Waals surface area contributed by atoms with Crippen LogP contribution in [0.25, 0.3) is 0 Å². The van der Waals surface area contributed by atoms with Gasteiger partial charge in [-0.05, 0) is 54.8 Å². The second kappa shape index (κ2) is 9.70. The van der Waals surface area contributed by atoms with Gasteiger partial charge in [-0.1, -0.05) is 18.2 Å². The molecule has 3 N–H and O–H groups in total. The molecule has 172 valence electrons. The van der Waals surface area contributed by atoms with E-state index in [0.717, 1.165) is 68.5 Å². The third-order valence-electron chi connectivity index (χ3n) is 6.52. The standard InChI is InChI=1S/C25H30FN7/c26-19-5-1-4-18(16-19)22-7-3-13-33(22)23(27)9-10-24-29-17-21(30-24)20-6-2-8-25(31-20)32-14-11-28-12-15-32/h1-2,4-6,8-10,16,21-22,27-28H,3,7,11-15,17H2,(H,29,30)/b10-9-,27-23?. The van der Waals surface area contributed by atoms with Gasteiger partial charge in [-0.25, -0.2) is 9.37 Å². The van der Waals surface area contributed by atoms with E-state index in [1.54, 1.807) is 18.2 Å². The molecule has 0 bridgehead atoms. The van der Waals surface area contributed by atoms with Gasteiger partial charge in [0.05, 0.1) is 24.3 Å². The number of rotatable bonds is 5. The van der Waals surface area contributed by atoms with Crippen LogP contribution in [-0.4, -0.2) is 60.8 Å². The van der Waals surface area contributed by atoms with Gasteiger partial charge in [-0.2, -0.15) is 0 Å². The van der Waals surface area contributed by atoms with Crippen LogP contribution in [0, 0.1) is 11.2 Å². The lowest BCUT2D eigenvalue weighted by Crippen LogP contribution is -2.44. The molecule has 3 aliphatic heterocycles. The first-order valence-electron chi connectivity index (χ1n) is 11.7. The topological polar surface area (TPSA) is 79.6 Å². The molecule has 8 heteroatoms. The number of hydrogen-bond donors (Lipinski definition) is 3. The molecule has 0 saturated carbocycles. The Morgan fingerprint density at radius 1 is 1.12 bits per heavy atom. The molecular formula is C25H30FN7. The zero-order chi connectivity index (χ0) is 22.6. The van der Waals surface area contributed by atoms with Gasteiger partial charge < -0.3 is 20.4 Å². The van der Waals surface area contributed by atoms with Gasteiger partial charge in [0, 0.05) is 32.7 Å². The summed E-state index contributed by atoms with van der Waals surface area (Å²) in [5.74, 6) is 1.97. The predicted octanol–water partition coefficient (Wildman–Crippen LogP) is 3.04. The van der Waals surface area contributed by atoms with Crippen molar-refractivity contribution < 1.29 is 4.39 Å². The van der Waals surface area contributed by atoms with E-state index in [9.17, 15) is 4.39 Å². The number of aliphatic imine (C=N–C) groups is 1. The molecule has 33 heavy (non-hydrogen) atoms. The lowest BCUT2D eigenvalue weighted by molar-refractivity contribution is 0.398. The normalized spacial score (nSPS) is 23.1. The van der Waals surface area contributed by atoms with E-state index >= 15 is 0 Å². The van der Waals surface area contributed by atoms with Crippen LogP contribution in [0.3, 0.4) is 0 Å². The first-order valence-corrected chi connectivity index (χ1v) is 11.7. The number of amidine groups is 2. The van der Waals surface area contributed by atoms with E-state index in [4.69, 9.17) is 10.4 Å². The van der Waals surface area contributed by atoms with Crippen LogP contribution in [0.1, 0.15) is 36.2 Å². The van der Waals surface area contributed by atoms with Gasteiger partial charge in [0.25, 0.3) is 0 Å². The highest BCUT2D eigenvalue weighted by atomic mass is 19.1. The van der Waals surface area contributed by atoms with Crippen molar-refractivity contribution in [2.75, 3.05) is 44.2 Å². The number of anilines is 1. The number of piperazine rings is 1. The summed E-state index contributed by atoms with van der Waals surface area (Å²) in [4.78, 5) is 13.8. The monoisotopic (exact) mass is 447 g/mol. The van der Waals surface area contributed by atoms with Crippen molar-refractivity contribution in [2.24, 2.45) is 4.99 Å². The highest BCUT2D eigenvalue weighted by molar-refractivity contribution is 6.01. The van der Waals surface area contributed by atoms with Crippen LogP contribution in [0.15, 0.2) is 59.6 Å². The number of nitrogens with zero attached hydrogens (tertiary/aromatic N) is 4. The van der Waals surface area contributed by atoms with Crippen LogP contribution in [0.4, 0.5) is 10.2 Å². The Morgan fingerprint density at radius 3 is 2.82 bits per heavy atom. The quantitative estimate of drug-likeness (QED) is 0.485. The first-order chi connectivity index (χ1) is 16.2. The fourth-order valence-corrected chi connectivity index (χ4v) is 4.80. The average Bonchev–Trinajstić information content (AvgIpc) is 3.53. The second-order valence-corrected chi connectivity index (χ2v) is 8.71. The molecule has 7 nitrogen and oxygen atoms in total. The second-order valence-electron chi connectivity index (χ2n) is 8.71. The van der Waals surface area contributed by atoms with Crippen molar-refractivity contribution >= 4 is 17.5 Å². The average molecular weight is 448 g/mol. The van der Waals surface area contributed by atoms with Gasteiger partial charge in [0.15, 0.2) is 0 Å². The molecule has 2 fully saturated rings. The molecule has 2 aromatic rings. The summed E-state index contributed by atoms with van der Waals surface area (Å²) in [7, 11) is 0. The molecule has 3 aliphatic rings. The number of aromatic nitrogens is 1. The Morgan fingerprint density at radius 2 is 1.97 bits per heavy atom. The molecule has 1 aromatic heterocycles. The number of pyridine rings is 1. The minimum absolute atomic E-state index is 0.0357. The molecule has 5 rings (SSSR count). The molecule has 4 heterocycles. The summed E-state index contributed by atoms with van der Waals surface area (Å²) in [6.45, 7) is 5.32. The van der Waals surface area contributed by atoms with Crippen molar-refractivity contribution in [3.63, 3.8) is 0 Å². The van der Waals surface area contributed by atoms with E-state index in [1.165, 1.54) is 6.07 Å². The van der Waals surface area contributed by atoms with Crippen LogP contribution >= 0.6 is 0 Å². The number of nitrogens with one attached hydrogen (secondary N) is 3. The third kappa shape index (κ3) is 4.90. The molecule has 0 amide bonds. The Balaban J connectivity index is 1.20. The highest BCUT2D eigenvalue weighted by Crippen LogP contribution is 2.32. The van der Waals surface area contributed by atoms with Crippen LogP contribution in [-0.2, 0) is 0 Å². The molecule has 2 atom stereocenters. The lowest BCUT2D eigenvalue weighted by Gasteiger charge is -2.29. The predicted molar refractivity (Wildman–Crippen MR) is 129 cm³/mol. The molecule has 2 unspecified atom stereocenters. The van der Waals surface area contributed by atoms with Gasteiger partial charge in [-0.3, -0.25) is 10.4 Å². The van der Waals surface area contributed by atoms with Crippen molar-refractivity contribution in [3.05, 3.63) is 71.7 Å². The van der Waals surface area contributed by atoms with Crippen molar-refractivity contribution in [2.45, 2.75) is 24.9 Å². The summed E-state index contributed by atoms with van der Waals surface area (Å²) in [6, 6.07) is 13.0. The summed E-state index contributed by atoms with van der Waals surface area (Å²) in [5.41, 5.74) is 1.91. The van der Waals surface area contributed by atoms with Gasteiger partial charge in [-0.15, -0.1) is 0 Å². The summed E-state index contributed by atoms with van der Waals surface area (Å²) in [6.07, 6.45) is 5.57. The third-order valence-corrected chi connectivity index (χ3v) is 6.52. The van der Waals surface area contributed by atoms with Crippen molar-refractivity contribution in [1.29, 1.82) is 5.41 Å². The van der Waals surface area contributed by atoms with E-state index in [0.29, 0.717) is 12.4 Å². The Kier molecular flexibility index (Phi) is 6.35. The minimum atomic E-state index is -0.230. The van der Waals surface area contributed by atoms with Gasteiger partial charge >= 0.3 is 0 Å². The Bertz CT molecular complexity index is 1060. The van der Waals surface area contributed by atoms with Crippen LogP contribution < -0.4 is 15.5 Å². The summed E-state index contributed by atoms with van der Waals surface area (Å²) in [5, 5.41) is 15.4. The van der Waals surface area contributed by atoms with Gasteiger partial charge in [0.1, 0.15) is 23.3 Å². The smallest absolute Gasteiger partial charge is 0.128 e. The Hall–Kier alpha value is -3.26. The first kappa shape index (κ1) is 21.6.